The van der Waals surface area contributed by atoms with Crippen LogP contribution in [0.25, 0.3) is 0 Å². The highest BCUT2D eigenvalue weighted by Gasteiger charge is 2.28. The maximum absolute atomic E-state index is 6.18. The summed E-state index contributed by atoms with van der Waals surface area (Å²) in [5.74, 6) is 2.34. The third kappa shape index (κ3) is 3.71. The lowest BCUT2D eigenvalue weighted by atomic mass is 10.2. The van der Waals surface area contributed by atoms with Crippen LogP contribution in [0.15, 0.2) is 17.6 Å². The summed E-state index contributed by atoms with van der Waals surface area (Å²) in [5.41, 5.74) is 0. The molecule has 1 aliphatic carbocycles. The van der Waals surface area contributed by atoms with Crippen molar-refractivity contribution in [3.05, 3.63) is 33.6 Å². The molecule has 0 bridgehead atoms. The van der Waals surface area contributed by atoms with Gasteiger partial charge in [-0.25, -0.2) is 15.0 Å². The van der Waals surface area contributed by atoms with Gasteiger partial charge in [0, 0.05) is 42.6 Å². The molecule has 0 aromatic carbocycles. The van der Waals surface area contributed by atoms with Crippen molar-refractivity contribution in [2.45, 2.75) is 45.1 Å². The van der Waals surface area contributed by atoms with Gasteiger partial charge in [-0.1, -0.05) is 11.6 Å². The normalized spacial score (nSPS) is 14.7. The van der Waals surface area contributed by atoms with Crippen LogP contribution < -0.4 is 4.90 Å². The van der Waals surface area contributed by atoms with E-state index in [1.165, 1.54) is 12.8 Å². The molecule has 21 heavy (non-hydrogen) atoms. The lowest BCUT2D eigenvalue weighted by molar-refractivity contribution is 0.664. The third-order valence-electron chi connectivity index (χ3n) is 3.61. The Kier molecular flexibility index (Phi) is 4.40. The zero-order valence-corrected chi connectivity index (χ0v) is 13.9. The van der Waals surface area contributed by atoms with Gasteiger partial charge in [0.05, 0.1) is 5.01 Å². The van der Waals surface area contributed by atoms with Crippen LogP contribution in [0.5, 0.6) is 0 Å². The Morgan fingerprint density at radius 3 is 2.81 bits per heavy atom. The van der Waals surface area contributed by atoms with Crippen molar-refractivity contribution in [3.8, 4) is 0 Å². The van der Waals surface area contributed by atoms with Gasteiger partial charge in [0.25, 0.3) is 0 Å². The number of hydrogen-bond donors (Lipinski definition) is 0. The standard InChI is InChI=1S/C15H19ClN4S/c1-10(2)20(7-5-14-17-6-8-21-14)13-9-12(16)18-15(19-13)11-3-4-11/h6,8-11H,3-5,7H2,1-2H3. The van der Waals surface area contributed by atoms with Crippen LogP contribution in [0.1, 0.15) is 43.4 Å². The molecule has 2 heterocycles. The number of rotatable bonds is 6. The van der Waals surface area contributed by atoms with E-state index in [0.717, 1.165) is 29.6 Å². The highest BCUT2D eigenvalue weighted by Crippen LogP contribution is 2.39. The first-order valence-electron chi connectivity index (χ1n) is 7.33. The molecule has 0 radical (unpaired) electrons. The molecule has 0 saturated heterocycles. The Bertz CT molecular complexity index is 596. The summed E-state index contributed by atoms with van der Waals surface area (Å²) in [6.07, 6.45) is 5.14. The molecule has 6 heteroatoms. The topological polar surface area (TPSA) is 41.9 Å². The average molecular weight is 323 g/mol. The molecule has 2 aromatic rings. The molecule has 0 atom stereocenters. The molecule has 4 nitrogen and oxygen atoms in total. The van der Waals surface area contributed by atoms with E-state index >= 15 is 0 Å². The van der Waals surface area contributed by atoms with Gasteiger partial charge >= 0.3 is 0 Å². The van der Waals surface area contributed by atoms with Crippen molar-refractivity contribution >= 4 is 28.8 Å². The van der Waals surface area contributed by atoms with Gasteiger partial charge in [-0.15, -0.1) is 11.3 Å². The largest absolute Gasteiger partial charge is 0.354 e. The van der Waals surface area contributed by atoms with Crippen molar-refractivity contribution in [2.75, 3.05) is 11.4 Å². The number of thiazole rings is 1. The molecule has 112 valence electrons. The number of nitrogens with zero attached hydrogens (tertiary/aromatic N) is 4. The van der Waals surface area contributed by atoms with Crippen molar-refractivity contribution < 1.29 is 0 Å². The molecule has 0 N–H and O–H groups in total. The van der Waals surface area contributed by atoms with Gasteiger partial charge in [-0.05, 0) is 26.7 Å². The van der Waals surface area contributed by atoms with Crippen LogP contribution in [0.3, 0.4) is 0 Å². The van der Waals surface area contributed by atoms with Gasteiger partial charge in [0.15, 0.2) is 0 Å². The fourth-order valence-electron chi connectivity index (χ4n) is 2.32. The number of halogens is 1. The average Bonchev–Trinajstić information content (AvgIpc) is 3.16. The number of hydrogen-bond acceptors (Lipinski definition) is 5. The van der Waals surface area contributed by atoms with Crippen molar-refractivity contribution in [3.63, 3.8) is 0 Å². The molecule has 1 aliphatic rings. The Labute approximate surface area is 134 Å². The molecule has 1 fully saturated rings. The maximum Gasteiger partial charge on any atom is 0.135 e. The summed E-state index contributed by atoms with van der Waals surface area (Å²) in [7, 11) is 0. The highest BCUT2D eigenvalue weighted by molar-refractivity contribution is 7.09. The Morgan fingerprint density at radius 1 is 1.38 bits per heavy atom. The Hall–Kier alpha value is -1.20. The first-order valence-corrected chi connectivity index (χ1v) is 8.58. The molecule has 1 saturated carbocycles. The van der Waals surface area contributed by atoms with Crippen LogP contribution in [0, 0.1) is 0 Å². The van der Waals surface area contributed by atoms with E-state index in [1.54, 1.807) is 11.3 Å². The smallest absolute Gasteiger partial charge is 0.135 e. The van der Waals surface area contributed by atoms with Gasteiger partial charge in [0.1, 0.15) is 16.8 Å². The van der Waals surface area contributed by atoms with Crippen LogP contribution >= 0.6 is 22.9 Å². The van der Waals surface area contributed by atoms with Crippen molar-refractivity contribution in [1.29, 1.82) is 0 Å². The van der Waals surface area contributed by atoms with E-state index in [4.69, 9.17) is 16.6 Å². The molecular formula is C15H19ClN4S. The van der Waals surface area contributed by atoms with Gasteiger partial charge in [-0.3, -0.25) is 0 Å². The van der Waals surface area contributed by atoms with Crippen molar-refractivity contribution in [1.82, 2.24) is 15.0 Å². The summed E-state index contributed by atoms with van der Waals surface area (Å²) in [5, 5.41) is 3.71. The van der Waals surface area contributed by atoms with Gasteiger partial charge in [-0.2, -0.15) is 0 Å². The minimum Gasteiger partial charge on any atom is -0.354 e. The van der Waals surface area contributed by atoms with Gasteiger partial charge in [0.2, 0.25) is 0 Å². The maximum atomic E-state index is 6.18. The van der Waals surface area contributed by atoms with Crippen LogP contribution in [-0.4, -0.2) is 27.5 Å². The highest BCUT2D eigenvalue weighted by atomic mass is 35.5. The number of aromatic nitrogens is 3. The van der Waals surface area contributed by atoms with E-state index in [9.17, 15) is 0 Å². The molecule has 0 unspecified atom stereocenters. The zero-order chi connectivity index (χ0) is 14.8. The van der Waals surface area contributed by atoms with Crippen LogP contribution in [0.2, 0.25) is 5.15 Å². The van der Waals surface area contributed by atoms with Gasteiger partial charge < -0.3 is 4.90 Å². The van der Waals surface area contributed by atoms with E-state index in [0.29, 0.717) is 17.1 Å². The summed E-state index contributed by atoms with van der Waals surface area (Å²) < 4.78 is 0. The summed E-state index contributed by atoms with van der Waals surface area (Å²) >= 11 is 7.88. The first kappa shape index (κ1) is 14.7. The number of anilines is 1. The predicted molar refractivity (Wildman–Crippen MR) is 87.3 cm³/mol. The second-order valence-electron chi connectivity index (χ2n) is 5.64. The monoisotopic (exact) mass is 322 g/mol. The van der Waals surface area contributed by atoms with Crippen LogP contribution in [0.4, 0.5) is 5.82 Å². The molecule has 3 rings (SSSR count). The minimum absolute atomic E-state index is 0.364. The lowest BCUT2D eigenvalue weighted by Gasteiger charge is -2.28. The van der Waals surface area contributed by atoms with Crippen molar-refractivity contribution in [2.24, 2.45) is 0 Å². The quantitative estimate of drug-likeness (QED) is 0.756. The fourth-order valence-corrected chi connectivity index (χ4v) is 3.12. The van der Waals surface area contributed by atoms with E-state index in [-0.39, 0.29) is 0 Å². The summed E-state index contributed by atoms with van der Waals surface area (Å²) in [6, 6.07) is 2.23. The second-order valence-corrected chi connectivity index (χ2v) is 7.01. The van der Waals surface area contributed by atoms with E-state index in [2.05, 4.69) is 28.7 Å². The molecule has 2 aromatic heterocycles. The SMILES string of the molecule is CC(C)N(CCc1nccs1)c1cc(Cl)nc(C2CC2)n1. The fraction of sp³-hybridized carbons (Fsp3) is 0.533. The molecule has 0 amide bonds. The Balaban J connectivity index is 1.79. The zero-order valence-electron chi connectivity index (χ0n) is 12.3. The molecular weight excluding hydrogens is 304 g/mol. The third-order valence-corrected chi connectivity index (χ3v) is 4.64. The van der Waals surface area contributed by atoms with Crippen LogP contribution in [-0.2, 0) is 6.42 Å². The molecule has 0 aliphatic heterocycles. The molecule has 0 spiro atoms. The van der Waals surface area contributed by atoms with E-state index < -0.39 is 0 Å². The second kappa shape index (κ2) is 6.28. The summed E-state index contributed by atoms with van der Waals surface area (Å²) in [6.45, 7) is 5.24. The predicted octanol–water partition coefficient (Wildman–Crippen LogP) is 3.92. The minimum atomic E-state index is 0.364. The van der Waals surface area contributed by atoms with E-state index in [1.807, 2.05) is 17.6 Å². The Morgan fingerprint density at radius 2 is 2.19 bits per heavy atom. The first-order chi connectivity index (χ1) is 10.1. The summed E-state index contributed by atoms with van der Waals surface area (Å²) in [4.78, 5) is 15.7. The lowest BCUT2D eigenvalue weighted by Crippen LogP contribution is -2.33.